The van der Waals surface area contributed by atoms with Gasteiger partial charge in [0, 0.05) is 89.5 Å². The molecule has 0 aliphatic rings. The van der Waals surface area contributed by atoms with Crippen molar-refractivity contribution in [3.63, 3.8) is 0 Å². The van der Waals surface area contributed by atoms with E-state index in [-0.39, 0.29) is 78.8 Å². The van der Waals surface area contributed by atoms with Crippen molar-refractivity contribution in [2.24, 2.45) is 0 Å². The summed E-state index contributed by atoms with van der Waals surface area (Å²) in [7, 11) is 3.20. The van der Waals surface area contributed by atoms with Crippen LogP contribution in [0.1, 0.15) is 421 Å². The maximum Gasteiger partial charge on any atom is 0.316 e. The summed E-state index contributed by atoms with van der Waals surface area (Å²) >= 11 is 1.81. The lowest BCUT2D eigenvalue weighted by Gasteiger charge is -2.09. The molecule has 0 fully saturated rings. The number of nitrogens with zero attached hydrogens (tertiary/aromatic N) is 15. The lowest BCUT2D eigenvalue weighted by atomic mass is 10.0. The lowest BCUT2D eigenvalue weighted by molar-refractivity contribution is 0.140. The number of aromatic nitrogens is 15. The number of halogens is 1. The molecule has 0 aliphatic carbocycles. The number of oxazole rings is 2. The Labute approximate surface area is 902 Å². The Morgan fingerprint density at radius 2 is 0.750 bits per heavy atom. The van der Waals surface area contributed by atoms with Crippen LogP contribution in [0.25, 0.3) is 22.8 Å². The van der Waals surface area contributed by atoms with Gasteiger partial charge in [0.2, 0.25) is 0 Å². The van der Waals surface area contributed by atoms with Gasteiger partial charge in [-0.2, -0.15) is 4.98 Å². The van der Waals surface area contributed by atoms with E-state index in [1.807, 2.05) is 124 Å². The van der Waals surface area contributed by atoms with Crippen LogP contribution in [-0.2, 0) is 4.74 Å². The third kappa shape index (κ3) is 62.0. The molecule has 0 aliphatic heterocycles. The Bertz CT molecular complexity index is 5280. The van der Waals surface area contributed by atoms with Gasteiger partial charge >= 0.3 is 24.0 Å². The smallest absolute Gasteiger partial charge is 0.316 e. The second-order valence-electron chi connectivity index (χ2n) is 36.5. The number of anilines is 1. The van der Waals surface area contributed by atoms with Gasteiger partial charge in [0.15, 0.2) is 24.3 Å². The second-order valence-corrected chi connectivity index (χ2v) is 37.7. The van der Waals surface area contributed by atoms with Crippen molar-refractivity contribution in [2.45, 2.75) is 366 Å². The summed E-state index contributed by atoms with van der Waals surface area (Å²) in [5.41, 5.74) is 17.9. The average molecular weight is 2060 g/mol. The Morgan fingerprint density at radius 3 is 1.13 bits per heavy atom. The highest BCUT2D eigenvalue weighted by molar-refractivity contribution is 7.11. The zero-order valence-corrected chi connectivity index (χ0v) is 90.4. The molecule has 0 spiro atoms. The fourth-order valence-electron chi connectivity index (χ4n) is 11.5. The van der Waals surface area contributed by atoms with Crippen LogP contribution in [0.2, 0.25) is 0 Å². The van der Waals surface area contributed by atoms with Gasteiger partial charge in [-0.15, -0.1) is 11.3 Å². The Hall–Kier alpha value is -12.5. The molecule has 14 aromatic rings. The zero-order valence-electron chi connectivity index (χ0n) is 89.5. The standard InChI is InChI=1S/2C11H12N2O.C10H16N2O2.C10H16N2O.C10H16N2.C10H14.C9H11F.C9H14N2O.C9H13N.C9H12.C8H12N2O.C8H13NS.9CH4/c1-8(2)10-5-9(3-4-13-10)11-6-12-7-14-11;1-8(2)9-4-3-5-10(13-9)11-6-12-7-14-11;1-8(2)9-4-5-11-10(12-9)14-7-6-13-3;1-7(2)9-5-6-11-10(12-9)13-8(3)4;1-4-11-10-7-5-6-9(12-10)8(2)3;1-8(2)10-6-4-5-9(3)7-10;1-7(2)8-4-3-5-9(10)6-8;1-4-12-9-10-6-5-8(11-9)7(2)3;1-7(2)9-6-4-5-8(3)10-9;1-8(2)9-6-4-3-5-7-9;1-6(2)7-4-5-9-8(10-7)11-3;1-5(2)8-9-6(3)7(4)10-8;;;;;;;;;/h2*3-8H,1-2H3;4-5,8H,6-7H2,1-3H3;5-8H,1-4H3;5-8H,4H2,1-3H3,(H,11,12);4-8H,1-3H3;3-7H,1-2H3;5-7H,4H2,1-3H3;4-7H,1-3H3;3-8H,1-2H3;4-6H,1-3H3;5H,1-4H3;9*1H4. The molecule has 3 aromatic carbocycles. The fourth-order valence-corrected chi connectivity index (χ4v) is 12.4. The molecule has 23 nitrogen and oxygen atoms in total. The van der Waals surface area contributed by atoms with Gasteiger partial charge in [0.25, 0.3) is 0 Å². The number of rotatable bonds is 25. The molecule has 25 heteroatoms. The first kappa shape index (κ1) is 148. The van der Waals surface area contributed by atoms with Gasteiger partial charge in [-0.3, -0.25) is 9.97 Å². The van der Waals surface area contributed by atoms with Crippen molar-refractivity contribution in [1.29, 1.82) is 0 Å². The third-order valence-corrected chi connectivity index (χ3v) is 21.3. The molecule has 0 bridgehead atoms. The number of aryl methyl sites for hydroxylation is 4. The van der Waals surface area contributed by atoms with Crippen molar-refractivity contribution in [3.8, 4) is 46.8 Å². The molecule has 0 saturated heterocycles. The Kier molecular flexibility index (Phi) is 83.7. The number of ether oxygens (including phenoxy) is 5. The van der Waals surface area contributed by atoms with Crippen LogP contribution in [0.15, 0.2) is 235 Å². The molecular formula is C123H197FN16O7S. The number of methoxy groups -OCH3 is 2. The number of hydrogen-bond acceptors (Lipinski definition) is 24. The number of nitrogens with one attached hydrogen (secondary N) is 1. The van der Waals surface area contributed by atoms with Crippen molar-refractivity contribution in [3.05, 3.63) is 321 Å². The maximum atomic E-state index is 12.5. The zero-order chi connectivity index (χ0) is 103. The molecule has 824 valence electrons. The molecule has 0 unspecified atom stereocenters. The van der Waals surface area contributed by atoms with E-state index in [1.165, 1.54) is 56.8 Å². The largest absolute Gasteiger partial charge is 0.467 e. The highest BCUT2D eigenvalue weighted by Gasteiger charge is 2.13. The normalized spacial score (nSPS) is 9.89. The number of benzene rings is 3. The van der Waals surface area contributed by atoms with Gasteiger partial charge in [-0.1, -0.05) is 324 Å². The van der Waals surface area contributed by atoms with Crippen LogP contribution in [-0.4, -0.2) is 121 Å². The van der Waals surface area contributed by atoms with Gasteiger partial charge in [-0.25, -0.2) is 64.2 Å². The topological polar surface area (TPSA) is 278 Å². The van der Waals surface area contributed by atoms with Crippen LogP contribution in [0, 0.1) is 33.5 Å². The first-order valence-electron chi connectivity index (χ1n) is 48.5. The van der Waals surface area contributed by atoms with Gasteiger partial charge < -0.3 is 37.8 Å². The van der Waals surface area contributed by atoms with Crippen molar-refractivity contribution >= 4 is 17.2 Å². The predicted molar refractivity (Wildman–Crippen MR) is 631 cm³/mol. The third-order valence-electron chi connectivity index (χ3n) is 19.9. The van der Waals surface area contributed by atoms with Crippen LogP contribution in [0.4, 0.5) is 10.2 Å². The first-order valence-corrected chi connectivity index (χ1v) is 49.3. The maximum absolute atomic E-state index is 12.5. The summed E-state index contributed by atoms with van der Waals surface area (Å²) in [5.74, 6) is 8.19. The molecule has 0 atom stereocenters. The minimum atomic E-state index is -0.147. The minimum absolute atomic E-state index is 0. The van der Waals surface area contributed by atoms with E-state index in [1.54, 1.807) is 69.7 Å². The van der Waals surface area contributed by atoms with E-state index in [4.69, 9.17) is 32.5 Å². The van der Waals surface area contributed by atoms with Crippen LogP contribution in [0.5, 0.6) is 24.0 Å². The molecule has 0 amide bonds. The Balaban J connectivity index is -0.000000292. The van der Waals surface area contributed by atoms with E-state index in [0.29, 0.717) is 121 Å². The van der Waals surface area contributed by atoms with E-state index < -0.39 is 0 Å². The summed E-state index contributed by atoms with van der Waals surface area (Å²) in [5, 5.41) is 4.45. The highest BCUT2D eigenvalue weighted by atomic mass is 32.1. The van der Waals surface area contributed by atoms with E-state index in [2.05, 4.69) is 341 Å². The lowest BCUT2D eigenvalue weighted by Crippen LogP contribution is -2.09. The fraction of sp³-hybridized carbons (Fsp3) is 0.488. The van der Waals surface area contributed by atoms with Gasteiger partial charge in [0.1, 0.15) is 23.9 Å². The summed E-state index contributed by atoms with van der Waals surface area (Å²) in [6.45, 7) is 69.9. The highest BCUT2D eigenvalue weighted by Crippen LogP contribution is 2.27. The van der Waals surface area contributed by atoms with E-state index in [9.17, 15) is 4.39 Å². The van der Waals surface area contributed by atoms with Crippen molar-refractivity contribution < 1.29 is 36.9 Å². The summed E-state index contributed by atoms with van der Waals surface area (Å²) in [4.78, 5) is 64.0. The molecule has 0 radical (unpaired) electrons. The van der Waals surface area contributed by atoms with E-state index >= 15 is 0 Å². The minimum Gasteiger partial charge on any atom is -0.467 e. The van der Waals surface area contributed by atoms with Crippen LogP contribution < -0.4 is 24.3 Å². The SMILES string of the molecule is C.C.C.C.C.C.C.C.C.CC(C)Oc1nccc(C(C)C)n1.CC(C)c1cc(-c2cnco2)ccn1.CC(C)c1cccc(-c2cnco2)n1.CC(C)c1cccc(F)c1.CC(C)c1ccccc1.CCNc1cccc(C(C)C)n1.CCOc1nccc(C(C)C)n1.COCCOc1nccc(C(C)C)n1.COc1nccc(C(C)C)n1.Cc1cccc(C(C)C)c1.Cc1cccc(C(C)C)n1.Cc1nc(C(C)C)sc1C. The Morgan fingerprint density at radius 1 is 0.345 bits per heavy atom. The quantitative estimate of drug-likeness (QED) is 0.0520. The molecule has 0 saturated carbocycles. The summed E-state index contributed by atoms with van der Waals surface area (Å²) in [6.07, 6.45) is 15.0. The van der Waals surface area contributed by atoms with Crippen LogP contribution >= 0.6 is 11.3 Å². The van der Waals surface area contributed by atoms with Gasteiger partial charge in [0.05, 0.1) is 72.3 Å². The molecule has 11 heterocycles. The van der Waals surface area contributed by atoms with Crippen molar-refractivity contribution in [2.75, 3.05) is 45.9 Å². The number of hydrogen-bond donors (Lipinski definition) is 1. The van der Waals surface area contributed by atoms with Crippen molar-refractivity contribution in [1.82, 2.24) is 74.8 Å². The first-order chi connectivity index (χ1) is 66.1. The number of pyridine rings is 4. The van der Waals surface area contributed by atoms with Gasteiger partial charge in [-0.05, 0) is 222 Å². The van der Waals surface area contributed by atoms with Crippen LogP contribution in [0.3, 0.4) is 0 Å². The molecule has 1 N–H and O–H groups in total. The molecule has 11 aromatic heterocycles. The summed E-state index contributed by atoms with van der Waals surface area (Å²) < 4.78 is 48.5. The average Bonchev–Trinajstić information content (AvgIpc) is 1.70. The summed E-state index contributed by atoms with van der Waals surface area (Å²) in [6, 6.07) is 57.5. The number of thiazole rings is 1. The predicted octanol–water partition coefficient (Wildman–Crippen LogP) is 36.0. The molecule has 14 rings (SSSR count). The molecule has 148 heavy (non-hydrogen) atoms. The van der Waals surface area contributed by atoms with E-state index in [0.717, 1.165) is 80.5 Å². The second kappa shape index (κ2) is 83.5. The molecular weight excluding hydrogens is 1860 g/mol. The monoisotopic (exact) mass is 2060 g/mol.